The van der Waals surface area contributed by atoms with Gasteiger partial charge in [0.2, 0.25) is 0 Å². The van der Waals surface area contributed by atoms with Crippen molar-refractivity contribution in [1.82, 2.24) is 10.2 Å². The number of nitrogens with one attached hydrogen (secondary N) is 1. The van der Waals surface area contributed by atoms with E-state index in [9.17, 15) is 5.11 Å². The van der Waals surface area contributed by atoms with Crippen molar-refractivity contribution < 1.29 is 5.11 Å². The molecule has 2 rings (SSSR count). The van der Waals surface area contributed by atoms with Gasteiger partial charge in [-0.2, -0.15) is 0 Å². The predicted molar refractivity (Wildman–Crippen MR) is 65.2 cm³/mol. The van der Waals surface area contributed by atoms with Crippen LogP contribution in [0.1, 0.15) is 12.0 Å². The van der Waals surface area contributed by atoms with E-state index in [0.717, 1.165) is 32.6 Å². The molecule has 2 N–H and O–H groups in total. The van der Waals surface area contributed by atoms with Crippen LogP contribution in [-0.2, 0) is 6.54 Å². The summed E-state index contributed by atoms with van der Waals surface area (Å²) in [7, 11) is 1.92. The summed E-state index contributed by atoms with van der Waals surface area (Å²) in [5.74, 6) is 0. The van der Waals surface area contributed by atoms with E-state index in [0.29, 0.717) is 0 Å². The molecule has 0 atom stereocenters. The van der Waals surface area contributed by atoms with Gasteiger partial charge in [-0.25, -0.2) is 0 Å². The second-order valence-electron chi connectivity index (χ2n) is 4.71. The molecule has 1 saturated heterocycles. The third-order valence-corrected chi connectivity index (χ3v) is 3.13. The summed E-state index contributed by atoms with van der Waals surface area (Å²) in [6.45, 7) is 3.42. The van der Waals surface area contributed by atoms with Crippen LogP contribution in [0.5, 0.6) is 0 Å². The summed E-state index contributed by atoms with van der Waals surface area (Å²) in [6, 6.07) is 10.4. The zero-order chi connectivity index (χ0) is 11.4. The lowest BCUT2D eigenvalue weighted by Crippen LogP contribution is -2.61. The lowest BCUT2D eigenvalue weighted by molar-refractivity contribution is -0.105. The molecule has 1 aliphatic rings. The van der Waals surface area contributed by atoms with Gasteiger partial charge < -0.3 is 10.4 Å². The van der Waals surface area contributed by atoms with Gasteiger partial charge in [0.05, 0.1) is 5.60 Å². The quantitative estimate of drug-likeness (QED) is 0.772. The molecule has 0 aliphatic carbocycles. The van der Waals surface area contributed by atoms with Crippen LogP contribution in [0.2, 0.25) is 0 Å². The Balaban J connectivity index is 1.76. The number of benzene rings is 1. The van der Waals surface area contributed by atoms with E-state index >= 15 is 0 Å². The molecule has 1 heterocycles. The van der Waals surface area contributed by atoms with E-state index < -0.39 is 5.60 Å². The van der Waals surface area contributed by atoms with Gasteiger partial charge in [0.15, 0.2) is 0 Å². The van der Waals surface area contributed by atoms with E-state index in [1.165, 1.54) is 5.56 Å². The average Bonchev–Trinajstić information content (AvgIpc) is 2.26. The average molecular weight is 220 g/mol. The summed E-state index contributed by atoms with van der Waals surface area (Å²) < 4.78 is 0. The molecule has 0 amide bonds. The SMILES string of the molecule is CNCCC1(O)CN(Cc2ccccc2)C1. The molecule has 88 valence electrons. The first-order valence-corrected chi connectivity index (χ1v) is 5.85. The number of aliphatic hydroxyl groups is 1. The van der Waals surface area contributed by atoms with E-state index in [1.54, 1.807) is 0 Å². The van der Waals surface area contributed by atoms with Crippen molar-refractivity contribution in [2.45, 2.75) is 18.6 Å². The molecule has 1 fully saturated rings. The van der Waals surface area contributed by atoms with Crippen molar-refractivity contribution in [2.24, 2.45) is 0 Å². The van der Waals surface area contributed by atoms with Gasteiger partial charge in [-0.15, -0.1) is 0 Å². The van der Waals surface area contributed by atoms with Gasteiger partial charge >= 0.3 is 0 Å². The van der Waals surface area contributed by atoms with Crippen LogP contribution in [0.3, 0.4) is 0 Å². The monoisotopic (exact) mass is 220 g/mol. The molecule has 1 aliphatic heterocycles. The molecule has 3 heteroatoms. The van der Waals surface area contributed by atoms with Gasteiger partial charge in [-0.1, -0.05) is 30.3 Å². The fourth-order valence-corrected chi connectivity index (χ4v) is 2.26. The Hall–Kier alpha value is -0.900. The normalized spacial score (nSPS) is 19.4. The highest BCUT2D eigenvalue weighted by molar-refractivity contribution is 5.15. The minimum atomic E-state index is -0.461. The Morgan fingerprint density at radius 1 is 1.31 bits per heavy atom. The first-order chi connectivity index (χ1) is 7.72. The summed E-state index contributed by atoms with van der Waals surface area (Å²) in [6.07, 6.45) is 0.842. The Morgan fingerprint density at radius 3 is 2.62 bits per heavy atom. The zero-order valence-corrected chi connectivity index (χ0v) is 9.82. The van der Waals surface area contributed by atoms with E-state index in [4.69, 9.17) is 0 Å². The zero-order valence-electron chi connectivity index (χ0n) is 9.82. The minimum absolute atomic E-state index is 0.461. The maximum absolute atomic E-state index is 10.1. The van der Waals surface area contributed by atoms with Gasteiger partial charge in [0.25, 0.3) is 0 Å². The lowest BCUT2D eigenvalue weighted by atomic mass is 9.90. The molecule has 0 radical (unpaired) electrons. The molecule has 3 nitrogen and oxygen atoms in total. The van der Waals surface area contributed by atoms with Crippen molar-refractivity contribution >= 4 is 0 Å². The van der Waals surface area contributed by atoms with Crippen LogP contribution in [0, 0.1) is 0 Å². The van der Waals surface area contributed by atoms with Crippen molar-refractivity contribution in [3.63, 3.8) is 0 Å². The Labute approximate surface area is 97.1 Å². The van der Waals surface area contributed by atoms with Crippen LogP contribution in [0.4, 0.5) is 0 Å². The second-order valence-corrected chi connectivity index (χ2v) is 4.71. The first-order valence-electron chi connectivity index (χ1n) is 5.85. The summed E-state index contributed by atoms with van der Waals surface area (Å²) in [5.41, 5.74) is 0.857. The molecule has 0 unspecified atom stereocenters. The maximum Gasteiger partial charge on any atom is 0.0912 e. The Bertz CT molecular complexity index is 320. The number of hydrogen-bond acceptors (Lipinski definition) is 3. The molecule has 0 aromatic heterocycles. The third kappa shape index (κ3) is 2.82. The molecule has 0 bridgehead atoms. The number of nitrogens with zero attached hydrogens (tertiary/aromatic N) is 1. The highest BCUT2D eigenvalue weighted by Crippen LogP contribution is 2.25. The van der Waals surface area contributed by atoms with Crippen LogP contribution in [0.25, 0.3) is 0 Å². The van der Waals surface area contributed by atoms with Crippen molar-refractivity contribution in [1.29, 1.82) is 0 Å². The molecule has 0 spiro atoms. The molecule has 1 aromatic rings. The smallest absolute Gasteiger partial charge is 0.0912 e. The van der Waals surface area contributed by atoms with Gasteiger partial charge in [-0.3, -0.25) is 4.90 Å². The van der Waals surface area contributed by atoms with Crippen molar-refractivity contribution in [3.8, 4) is 0 Å². The van der Waals surface area contributed by atoms with Gasteiger partial charge in [0, 0.05) is 19.6 Å². The summed E-state index contributed by atoms with van der Waals surface area (Å²) >= 11 is 0. The van der Waals surface area contributed by atoms with Crippen LogP contribution < -0.4 is 5.32 Å². The summed E-state index contributed by atoms with van der Waals surface area (Å²) in [4.78, 5) is 2.28. The highest BCUT2D eigenvalue weighted by Gasteiger charge is 2.39. The maximum atomic E-state index is 10.1. The van der Waals surface area contributed by atoms with Crippen LogP contribution >= 0.6 is 0 Å². The molecule has 1 aromatic carbocycles. The fraction of sp³-hybridized carbons (Fsp3) is 0.538. The number of hydrogen-bond donors (Lipinski definition) is 2. The standard InChI is InChI=1S/C13H20N2O/c1-14-8-7-13(16)10-15(11-13)9-12-5-3-2-4-6-12/h2-6,14,16H,7-11H2,1H3. The predicted octanol–water partition coefficient (Wildman–Crippen LogP) is 0.843. The first kappa shape index (κ1) is 11.6. The van der Waals surface area contributed by atoms with Crippen LogP contribution in [0.15, 0.2) is 30.3 Å². The van der Waals surface area contributed by atoms with Gasteiger partial charge in [-0.05, 0) is 25.6 Å². The van der Waals surface area contributed by atoms with E-state index in [2.05, 4.69) is 34.5 Å². The lowest BCUT2D eigenvalue weighted by Gasteiger charge is -2.46. The van der Waals surface area contributed by atoms with E-state index in [-0.39, 0.29) is 0 Å². The summed E-state index contributed by atoms with van der Waals surface area (Å²) in [5, 5.41) is 13.2. The second kappa shape index (κ2) is 4.95. The molecular weight excluding hydrogens is 200 g/mol. The minimum Gasteiger partial charge on any atom is -0.387 e. The Kier molecular flexibility index (Phi) is 3.59. The van der Waals surface area contributed by atoms with Crippen molar-refractivity contribution in [2.75, 3.05) is 26.7 Å². The number of rotatable bonds is 5. The Morgan fingerprint density at radius 2 is 2.00 bits per heavy atom. The molecule has 16 heavy (non-hydrogen) atoms. The molecule has 0 saturated carbocycles. The van der Waals surface area contributed by atoms with Crippen LogP contribution in [-0.4, -0.2) is 42.3 Å². The molecular formula is C13H20N2O. The van der Waals surface area contributed by atoms with Gasteiger partial charge in [0.1, 0.15) is 0 Å². The number of β-amino-alcohol motifs (C(OH)–C–C–N with tert-alkyl or cyclic N) is 1. The highest BCUT2D eigenvalue weighted by atomic mass is 16.3. The fourth-order valence-electron chi connectivity index (χ4n) is 2.26. The topological polar surface area (TPSA) is 35.5 Å². The third-order valence-electron chi connectivity index (χ3n) is 3.13. The number of likely N-dealkylation sites (tertiary alicyclic amines) is 1. The largest absolute Gasteiger partial charge is 0.387 e. The van der Waals surface area contributed by atoms with E-state index in [1.807, 2.05) is 13.1 Å². The van der Waals surface area contributed by atoms with Crippen molar-refractivity contribution in [3.05, 3.63) is 35.9 Å².